The monoisotopic (exact) mass is 224 g/mol. The molecular formula is C11H16N2O3. The summed E-state index contributed by atoms with van der Waals surface area (Å²) in [4.78, 5) is 0. The van der Waals surface area contributed by atoms with E-state index in [0.29, 0.717) is 24.5 Å². The number of rotatable bonds is 5. The smallest absolute Gasteiger partial charge is 0.161 e. The van der Waals surface area contributed by atoms with Gasteiger partial charge in [0.15, 0.2) is 11.5 Å². The molecule has 0 fully saturated rings. The number of ether oxygens (including phenoxy) is 2. The molecule has 0 saturated heterocycles. The first-order valence-electron chi connectivity index (χ1n) is 4.91. The minimum Gasteiger partial charge on any atom is -0.493 e. The van der Waals surface area contributed by atoms with Crippen molar-refractivity contribution >= 4 is 5.84 Å². The first kappa shape index (κ1) is 12.2. The number of nitrogens with zero attached hydrogens (tertiary/aromatic N) is 1. The molecule has 1 aromatic carbocycles. The lowest BCUT2D eigenvalue weighted by atomic mass is 10.2. The molecule has 1 rings (SSSR count). The highest BCUT2D eigenvalue weighted by Crippen LogP contribution is 2.27. The molecular weight excluding hydrogens is 208 g/mol. The summed E-state index contributed by atoms with van der Waals surface area (Å²) in [7, 11) is 1.59. The minimum atomic E-state index is 0.145. The minimum absolute atomic E-state index is 0.145. The Labute approximate surface area is 94.5 Å². The number of nitrogens with two attached hydrogens (primary N) is 1. The van der Waals surface area contributed by atoms with Gasteiger partial charge in [-0.05, 0) is 24.6 Å². The molecule has 5 nitrogen and oxygen atoms in total. The number of hydrogen-bond donors (Lipinski definition) is 2. The van der Waals surface area contributed by atoms with Crippen molar-refractivity contribution in [2.24, 2.45) is 10.9 Å². The van der Waals surface area contributed by atoms with Crippen molar-refractivity contribution in [2.45, 2.75) is 13.3 Å². The van der Waals surface area contributed by atoms with Crippen molar-refractivity contribution in [3.63, 3.8) is 0 Å². The zero-order valence-corrected chi connectivity index (χ0v) is 9.43. The second kappa shape index (κ2) is 5.85. The summed E-state index contributed by atoms with van der Waals surface area (Å²) in [6.45, 7) is 2.32. The van der Waals surface area contributed by atoms with Crippen LogP contribution in [0, 0.1) is 6.92 Å². The van der Waals surface area contributed by atoms with Gasteiger partial charge >= 0.3 is 0 Å². The van der Waals surface area contributed by atoms with Crippen LogP contribution in [0.5, 0.6) is 11.5 Å². The predicted molar refractivity (Wildman–Crippen MR) is 61.3 cm³/mol. The molecule has 0 aliphatic rings. The first-order valence-corrected chi connectivity index (χ1v) is 4.91. The molecule has 0 bridgehead atoms. The predicted octanol–water partition coefficient (Wildman–Crippen LogP) is 1.52. The maximum Gasteiger partial charge on any atom is 0.161 e. The van der Waals surface area contributed by atoms with Crippen LogP contribution >= 0.6 is 0 Å². The van der Waals surface area contributed by atoms with E-state index in [4.69, 9.17) is 20.4 Å². The van der Waals surface area contributed by atoms with Crippen molar-refractivity contribution in [1.29, 1.82) is 0 Å². The van der Waals surface area contributed by atoms with E-state index in [9.17, 15) is 0 Å². The molecule has 0 heterocycles. The molecule has 0 aliphatic carbocycles. The molecule has 0 unspecified atom stereocenters. The van der Waals surface area contributed by atoms with Crippen LogP contribution in [0.15, 0.2) is 23.4 Å². The number of oxime groups is 1. The van der Waals surface area contributed by atoms with E-state index < -0.39 is 0 Å². The lowest BCUT2D eigenvalue weighted by Crippen LogP contribution is -2.15. The van der Waals surface area contributed by atoms with Gasteiger partial charge in [0.2, 0.25) is 0 Å². The van der Waals surface area contributed by atoms with Gasteiger partial charge in [0.25, 0.3) is 0 Å². The summed E-state index contributed by atoms with van der Waals surface area (Å²) in [6, 6.07) is 5.65. The summed E-state index contributed by atoms with van der Waals surface area (Å²) < 4.78 is 10.6. The Kier molecular flexibility index (Phi) is 4.44. The van der Waals surface area contributed by atoms with Gasteiger partial charge in [-0.3, -0.25) is 0 Å². The Balaban J connectivity index is 2.60. The number of methoxy groups -OCH3 is 1. The lowest BCUT2D eigenvalue weighted by Gasteiger charge is -2.10. The normalized spacial score (nSPS) is 11.2. The van der Waals surface area contributed by atoms with Gasteiger partial charge in [-0.25, -0.2) is 0 Å². The summed E-state index contributed by atoms with van der Waals surface area (Å²) in [5.41, 5.74) is 6.42. The highest BCUT2D eigenvalue weighted by molar-refractivity contribution is 5.79. The van der Waals surface area contributed by atoms with Crippen LogP contribution in [-0.4, -0.2) is 24.8 Å². The Hall–Kier alpha value is -1.91. The van der Waals surface area contributed by atoms with E-state index >= 15 is 0 Å². The number of amidine groups is 1. The third-order valence-electron chi connectivity index (χ3n) is 2.06. The van der Waals surface area contributed by atoms with Gasteiger partial charge in [-0.15, -0.1) is 0 Å². The molecule has 0 aliphatic heterocycles. The molecule has 16 heavy (non-hydrogen) atoms. The molecule has 0 saturated carbocycles. The molecule has 0 radical (unpaired) electrons. The summed E-state index contributed by atoms with van der Waals surface area (Å²) >= 11 is 0. The quantitative estimate of drug-likeness (QED) is 0.344. The summed E-state index contributed by atoms with van der Waals surface area (Å²) in [5.74, 6) is 1.48. The first-order chi connectivity index (χ1) is 7.67. The lowest BCUT2D eigenvalue weighted by molar-refractivity contribution is 0.294. The number of benzene rings is 1. The third kappa shape index (κ3) is 3.34. The zero-order valence-electron chi connectivity index (χ0n) is 9.43. The van der Waals surface area contributed by atoms with Gasteiger partial charge < -0.3 is 20.4 Å². The maximum atomic E-state index is 8.35. The van der Waals surface area contributed by atoms with Crippen LogP contribution in [-0.2, 0) is 0 Å². The van der Waals surface area contributed by atoms with E-state index in [1.165, 1.54) is 0 Å². The van der Waals surface area contributed by atoms with Crippen molar-refractivity contribution in [3.8, 4) is 11.5 Å². The summed E-state index contributed by atoms with van der Waals surface area (Å²) in [5, 5.41) is 11.2. The Bertz CT molecular complexity index is 377. The number of aryl methyl sites for hydroxylation is 1. The Morgan fingerprint density at radius 1 is 1.44 bits per heavy atom. The fourth-order valence-electron chi connectivity index (χ4n) is 1.21. The van der Waals surface area contributed by atoms with Crippen LogP contribution < -0.4 is 15.2 Å². The van der Waals surface area contributed by atoms with Gasteiger partial charge in [0, 0.05) is 6.42 Å². The van der Waals surface area contributed by atoms with E-state index in [2.05, 4.69) is 5.16 Å². The van der Waals surface area contributed by atoms with Crippen LogP contribution in [0.1, 0.15) is 12.0 Å². The average Bonchev–Trinajstić information content (AvgIpc) is 2.30. The fraction of sp³-hybridized carbons (Fsp3) is 0.364. The van der Waals surface area contributed by atoms with E-state index in [0.717, 1.165) is 5.56 Å². The molecule has 3 N–H and O–H groups in total. The molecule has 0 spiro atoms. The Morgan fingerprint density at radius 3 is 2.81 bits per heavy atom. The Morgan fingerprint density at radius 2 is 2.19 bits per heavy atom. The van der Waals surface area contributed by atoms with Crippen molar-refractivity contribution in [2.75, 3.05) is 13.7 Å². The maximum absolute atomic E-state index is 8.35. The molecule has 0 amide bonds. The van der Waals surface area contributed by atoms with Crippen molar-refractivity contribution in [1.82, 2.24) is 0 Å². The molecule has 5 heteroatoms. The zero-order chi connectivity index (χ0) is 12.0. The highest BCUT2D eigenvalue weighted by Gasteiger charge is 2.04. The van der Waals surface area contributed by atoms with Crippen LogP contribution in [0.25, 0.3) is 0 Å². The SMILES string of the molecule is COc1cc(C)ccc1OCC/C(N)=N/O. The van der Waals surface area contributed by atoms with Crippen LogP contribution in [0.2, 0.25) is 0 Å². The van der Waals surface area contributed by atoms with Crippen LogP contribution in [0.3, 0.4) is 0 Å². The summed E-state index contributed by atoms with van der Waals surface area (Å²) in [6.07, 6.45) is 0.369. The average molecular weight is 224 g/mol. The van der Waals surface area contributed by atoms with E-state index in [1.807, 2.05) is 25.1 Å². The van der Waals surface area contributed by atoms with Gasteiger partial charge in [0.05, 0.1) is 13.7 Å². The second-order valence-electron chi connectivity index (χ2n) is 3.34. The topological polar surface area (TPSA) is 77.1 Å². The highest BCUT2D eigenvalue weighted by atomic mass is 16.5. The molecule has 1 aromatic rings. The van der Waals surface area contributed by atoms with E-state index in [-0.39, 0.29) is 5.84 Å². The standard InChI is InChI=1S/C11H16N2O3/c1-8-3-4-9(10(7-8)15-2)16-6-5-11(12)13-14/h3-4,7,14H,5-6H2,1-2H3,(H2,12,13). The van der Waals surface area contributed by atoms with Crippen LogP contribution in [0.4, 0.5) is 0 Å². The molecule has 0 aromatic heterocycles. The fourth-order valence-corrected chi connectivity index (χ4v) is 1.21. The van der Waals surface area contributed by atoms with Crippen molar-refractivity contribution < 1.29 is 14.7 Å². The van der Waals surface area contributed by atoms with Gasteiger partial charge in [-0.2, -0.15) is 0 Å². The number of hydrogen-bond acceptors (Lipinski definition) is 4. The van der Waals surface area contributed by atoms with E-state index in [1.54, 1.807) is 7.11 Å². The molecule has 88 valence electrons. The third-order valence-corrected chi connectivity index (χ3v) is 2.06. The molecule has 0 atom stereocenters. The van der Waals surface area contributed by atoms with Gasteiger partial charge in [-0.1, -0.05) is 11.2 Å². The second-order valence-corrected chi connectivity index (χ2v) is 3.34. The largest absolute Gasteiger partial charge is 0.493 e. The van der Waals surface area contributed by atoms with Crippen molar-refractivity contribution in [3.05, 3.63) is 23.8 Å². The van der Waals surface area contributed by atoms with Gasteiger partial charge in [0.1, 0.15) is 5.84 Å².